The molecule has 0 unspecified atom stereocenters. The van der Waals surface area contributed by atoms with Crippen molar-refractivity contribution >= 4 is 28.4 Å². The Morgan fingerprint density at radius 2 is 1.84 bits per heavy atom. The van der Waals surface area contributed by atoms with E-state index >= 15 is 0 Å². The molecule has 2 aromatic carbocycles. The number of aromatic nitrogens is 5. The number of hydrogen-bond donors (Lipinski definition) is 3. The van der Waals surface area contributed by atoms with Gasteiger partial charge in [0.25, 0.3) is 5.56 Å². The van der Waals surface area contributed by atoms with Crippen LogP contribution in [0.1, 0.15) is 42.3 Å². The molecule has 0 radical (unpaired) electrons. The predicted molar refractivity (Wildman–Crippen MR) is 144 cm³/mol. The van der Waals surface area contributed by atoms with E-state index in [0.29, 0.717) is 28.1 Å². The van der Waals surface area contributed by atoms with E-state index in [2.05, 4.69) is 41.3 Å². The fourth-order valence-corrected chi connectivity index (χ4v) is 4.23. The zero-order valence-electron chi connectivity index (χ0n) is 21.1. The summed E-state index contributed by atoms with van der Waals surface area (Å²) in [5, 5.41) is 33.0. The van der Waals surface area contributed by atoms with Crippen molar-refractivity contribution in [3.63, 3.8) is 0 Å². The summed E-state index contributed by atoms with van der Waals surface area (Å²) >= 11 is 0. The third-order valence-electron chi connectivity index (χ3n) is 6.27. The maximum atomic E-state index is 13.5. The third kappa shape index (κ3) is 4.53. The maximum absolute atomic E-state index is 13.5. The summed E-state index contributed by atoms with van der Waals surface area (Å²) in [6, 6.07) is 15.9. The van der Waals surface area contributed by atoms with Gasteiger partial charge in [0.15, 0.2) is 5.82 Å². The molecule has 0 fully saturated rings. The van der Waals surface area contributed by atoms with Crippen LogP contribution >= 0.6 is 0 Å². The predicted octanol–water partition coefficient (Wildman–Crippen LogP) is 4.20. The fraction of sp³-hybridized carbons (Fsp3) is 0.179. The van der Waals surface area contributed by atoms with Crippen LogP contribution in [0.4, 0.5) is 11.6 Å². The zero-order valence-corrected chi connectivity index (χ0v) is 21.1. The molecule has 192 valence electrons. The minimum absolute atomic E-state index is 0.0791. The number of hydrogen-bond acceptors (Lipinski definition) is 7. The third-order valence-corrected chi connectivity index (χ3v) is 6.27. The number of carbonyl (C=O) groups is 1. The van der Waals surface area contributed by atoms with Gasteiger partial charge in [-0.2, -0.15) is 9.78 Å². The van der Waals surface area contributed by atoms with E-state index in [0.717, 1.165) is 10.9 Å². The number of aliphatic hydroxyl groups excluding tert-OH is 1. The topological polar surface area (TPSA) is 135 Å². The molecule has 0 saturated carbocycles. The van der Waals surface area contributed by atoms with Crippen LogP contribution in [0.2, 0.25) is 0 Å². The van der Waals surface area contributed by atoms with Crippen molar-refractivity contribution in [3.8, 4) is 11.4 Å². The van der Waals surface area contributed by atoms with Crippen molar-refractivity contribution in [2.75, 3.05) is 5.32 Å². The molecule has 0 aliphatic rings. The molecule has 0 aliphatic heterocycles. The monoisotopic (exact) mass is 510 g/mol. The highest BCUT2D eigenvalue weighted by Gasteiger charge is 2.21. The largest absolute Gasteiger partial charge is 0.477 e. The number of pyridine rings is 1. The number of anilines is 2. The minimum atomic E-state index is -1.18. The van der Waals surface area contributed by atoms with Crippen LogP contribution in [0.5, 0.6) is 0 Å². The van der Waals surface area contributed by atoms with Gasteiger partial charge in [0.05, 0.1) is 29.6 Å². The molecule has 0 aliphatic carbocycles. The van der Waals surface area contributed by atoms with Crippen molar-refractivity contribution in [2.45, 2.75) is 32.8 Å². The van der Waals surface area contributed by atoms with Gasteiger partial charge in [0.2, 0.25) is 0 Å². The van der Waals surface area contributed by atoms with Crippen molar-refractivity contribution in [1.82, 2.24) is 24.5 Å². The zero-order chi connectivity index (χ0) is 27.0. The Bertz CT molecular complexity index is 1720. The Hall–Kier alpha value is -4.83. The summed E-state index contributed by atoms with van der Waals surface area (Å²) < 4.78 is 2.59. The van der Waals surface area contributed by atoms with E-state index in [1.54, 1.807) is 54.9 Å². The smallest absolute Gasteiger partial charge is 0.341 e. The van der Waals surface area contributed by atoms with Crippen LogP contribution in [0, 0.1) is 0 Å². The van der Waals surface area contributed by atoms with Gasteiger partial charge in [-0.05, 0) is 47.4 Å². The number of aromatic carboxylic acids is 1. The molecular weight excluding hydrogens is 484 g/mol. The van der Waals surface area contributed by atoms with Gasteiger partial charge in [-0.15, -0.1) is 5.10 Å². The second-order valence-corrected chi connectivity index (χ2v) is 9.83. The molecule has 38 heavy (non-hydrogen) atoms. The number of carboxylic acid groups (broad SMARTS) is 1. The normalized spacial score (nSPS) is 11.6. The second kappa shape index (κ2) is 9.56. The lowest BCUT2D eigenvalue weighted by Crippen LogP contribution is -2.23. The van der Waals surface area contributed by atoms with Crippen molar-refractivity contribution < 1.29 is 15.0 Å². The fourth-order valence-electron chi connectivity index (χ4n) is 4.23. The van der Waals surface area contributed by atoms with Crippen molar-refractivity contribution in [1.29, 1.82) is 0 Å². The van der Waals surface area contributed by atoms with Crippen LogP contribution in [0.3, 0.4) is 0 Å². The van der Waals surface area contributed by atoms with E-state index < -0.39 is 12.6 Å². The number of nitrogens with zero attached hydrogens (tertiary/aromatic N) is 5. The Labute approximate surface area is 217 Å². The van der Waals surface area contributed by atoms with Crippen LogP contribution in [0.25, 0.3) is 22.1 Å². The standard InChI is InChI=1S/C28H26N6O4/c1-28(2,3)18-10-11-19-17(13-18)14-30-34(26(19)36)23-8-6-7-22(21(23)16-35)33-15-20(27(37)38)25(32-33)31-24-9-4-5-12-29-24/h4-15,35H,16H2,1-3H3,(H,37,38)(H,29,31,32). The van der Waals surface area contributed by atoms with E-state index in [4.69, 9.17) is 0 Å². The highest BCUT2D eigenvalue weighted by atomic mass is 16.4. The summed E-state index contributed by atoms with van der Waals surface area (Å²) in [6.45, 7) is 5.87. The first-order valence-electron chi connectivity index (χ1n) is 11.9. The lowest BCUT2D eigenvalue weighted by molar-refractivity contribution is 0.0698. The molecule has 5 aromatic rings. The summed E-state index contributed by atoms with van der Waals surface area (Å²) in [6.07, 6.45) is 4.55. The quantitative estimate of drug-likeness (QED) is 0.309. The average molecular weight is 511 g/mol. The van der Waals surface area contributed by atoms with Gasteiger partial charge in [0, 0.05) is 23.3 Å². The van der Waals surface area contributed by atoms with E-state index in [-0.39, 0.29) is 22.4 Å². The average Bonchev–Trinajstić information content (AvgIpc) is 3.32. The van der Waals surface area contributed by atoms with Gasteiger partial charge in [-0.25, -0.2) is 14.5 Å². The van der Waals surface area contributed by atoms with Crippen LogP contribution < -0.4 is 10.9 Å². The first kappa shape index (κ1) is 24.8. The molecule has 5 rings (SSSR count). The second-order valence-electron chi connectivity index (χ2n) is 9.83. The minimum Gasteiger partial charge on any atom is -0.477 e. The van der Waals surface area contributed by atoms with Gasteiger partial charge in [-0.3, -0.25) is 4.79 Å². The molecule has 0 spiro atoms. The van der Waals surface area contributed by atoms with Gasteiger partial charge in [0.1, 0.15) is 11.4 Å². The van der Waals surface area contributed by atoms with Crippen LogP contribution in [-0.4, -0.2) is 40.7 Å². The molecular formula is C28H26N6O4. The number of rotatable bonds is 6. The molecule has 10 nitrogen and oxygen atoms in total. The SMILES string of the molecule is CC(C)(C)c1ccc2c(=O)n(-c3cccc(-n4cc(C(=O)O)c(Nc5ccccn5)n4)c3CO)ncc2c1. The van der Waals surface area contributed by atoms with E-state index in [1.807, 2.05) is 12.1 Å². The molecule has 0 amide bonds. The summed E-state index contributed by atoms with van der Waals surface area (Å²) in [7, 11) is 0. The molecule has 10 heteroatoms. The molecule has 3 heterocycles. The summed E-state index contributed by atoms with van der Waals surface area (Å²) in [5.74, 6) is -0.669. The number of aliphatic hydroxyl groups is 1. The van der Waals surface area contributed by atoms with Crippen molar-refractivity contribution in [3.05, 3.63) is 100 Å². The highest BCUT2D eigenvalue weighted by molar-refractivity contribution is 5.93. The van der Waals surface area contributed by atoms with Crippen molar-refractivity contribution in [2.24, 2.45) is 0 Å². The molecule has 3 N–H and O–H groups in total. The lowest BCUT2D eigenvalue weighted by Gasteiger charge is -2.19. The first-order chi connectivity index (χ1) is 18.2. The first-order valence-corrected chi connectivity index (χ1v) is 11.9. The Morgan fingerprint density at radius 1 is 1.05 bits per heavy atom. The van der Waals surface area contributed by atoms with Gasteiger partial charge in [-0.1, -0.05) is 39.0 Å². The summed E-state index contributed by atoms with van der Waals surface area (Å²) in [4.78, 5) is 29.6. The highest BCUT2D eigenvalue weighted by Crippen LogP contribution is 2.27. The lowest BCUT2D eigenvalue weighted by atomic mass is 9.86. The van der Waals surface area contributed by atoms with Crippen LogP contribution in [-0.2, 0) is 12.0 Å². The molecule has 0 bridgehead atoms. The number of benzene rings is 2. The number of carboxylic acids is 1. The summed E-state index contributed by atoms with van der Waals surface area (Å²) in [5.41, 5.74) is 1.72. The molecule has 3 aromatic heterocycles. The maximum Gasteiger partial charge on any atom is 0.341 e. The molecule has 0 saturated heterocycles. The number of nitrogens with one attached hydrogen (secondary N) is 1. The number of fused-ring (bicyclic) bond motifs is 1. The molecule has 0 atom stereocenters. The Morgan fingerprint density at radius 3 is 2.53 bits per heavy atom. The van der Waals surface area contributed by atoms with Crippen LogP contribution in [0.15, 0.2) is 78.0 Å². The Kier molecular flexibility index (Phi) is 6.25. The Balaban J connectivity index is 1.62. The van der Waals surface area contributed by atoms with E-state index in [1.165, 1.54) is 15.6 Å². The van der Waals surface area contributed by atoms with Gasteiger partial charge >= 0.3 is 5.97 Å². The van der Waals surface area contributed by atoms with Gasteiger partial charge < -0.3 is 15.5 Å². The van der Waals surface area contributed by atoms with E-state index in [9.17, 15) is 19.8 Å².